The van der Waals surface area contributed by atoms with Gasteiger partial charge in [-0.1, -0.05) is 13.0 Å². The van der Waals surface area contributed by atoms with Gasteiger partial charge in [-0.25, -0.2) is 8.42 Å². The minimum Gasteiger partial charge on any atom is -0.316 e. The summed E-state index contributed by atoms with van der Waals surface area (Å²) in [5.41, 5.74) is 1.34. The lowest BCUT2D eigenvalue weighted by Gasteiger charge is -2.16. The van der Waals surface area contributed by atoms with Crippen LogP contribution in [0, 0.1) is 0 Å². The highest BCUT2D eigenvalue weighted by Crippen LogP contribution is 2.23. The van der Waals surface area contributed by atoms with Gasteiger partial charge in [0.1, 0.15) is 0 Å². The molecule has 0 radical (unpaired) electrons. The van der Waals surface area contributed by atoms with E-state index >= 15 is 0 Å². The van der Waals surface area contributed by atoms with Crippen LogP contribution in [0.25, 0.3) is 10.9 Å². The van der Waals surface area contributed by atoms with Crippen molar-refractivity contribution in [1.29, 1.82) is 0 Å². The van der Waals surface area contributed by atoms with Crippen molar-refractivity contribution in [2.45, 2.75) is 19.1 Å². The van der Waals surface area contributed by atoms with Crippen LogP contribution < -0.4 is 10.0 Å². The molecule has 0 fully saturated rings. The smallest absolute Gasteiger partial charge is 0.236 e. The number of sulfonamides is 1. The number of aromatic nitrogens is 1. The first kappa shape index (κ1) is 14.7. The van der Waals surface area contributed by atoms with E-state index in [0.717, 1.165) is 17.4 Å². The lowest BCUT2D eigenvalue weighted by atomic mass is 10.2. The fourth-order valence-corrected chi connectivity index (χ4v) is 2.93. The minimum atomic E-state index is -3.42. The van der Waals surface area contributed by atoms with Gasteiger partial charge in [0.2, 0.25) is 10.0 Å². The van der Waals surface area contributed by atoms with E-state index < -0.39 is 15.3 Å². The number of nitrogens with zero attached hydrogens (tertiary/aromatic N) is 1. The first-order chi connectivity index (χ1) is 9.54. The minimum absolute atomic E-state index is 0.425. The Morgan fingerprint density at radius 2 is 2.05 bits per heavy atom. The number of benzene rings is 1. The molecule has 2 N–H and O–H groups in total. The highest BCUT2D eigenvalue weighted by Gasteiger charge is 2.20. The van der Waals surface area contributed by atoms with Gasteiger partial charge in [0.15, 0.2) is 0 Å². The molecule has 1 heterocycles. The second-order valence-corrected chi connectivity index (χ2v) is 6.74. The molecular formula is C14H19N3O2S. The van der Waals surface area contributed by atoms with E-state index in [4.69, 9.17) is 0 Å². The Morgan fingerprint density at radius 1 is 1.25 bits per heavy atom. The van der Waals surface area contributed by atoms with Crippen LogP contribution in [0.3, 0.4) is 0 Å². The van der Waals surface area contributed by atoms with Crippen LogP contribution in [-0.4, -0.2) is 31.7 Å². The fraction of sp³-hybridized carbons (Fsp3) is 0.357. The van der Waals surface area contributed by atoms with Gasteiger partial charge < -0.3 is 5.32 Å². The standard InChI is InChI=1S/C14H19N3O2S/c1-3-15-10-11(2)20(18,19)17-14-8-4-7-13-12(14)6-5-9-16-13/h4-9,11,15,17H,3,10H2,1-2H3. The molecule has 108 valence electrons. The maximum atomic E-state index is 12.3. The quantitative estimate of drug-likeness (QED) is 0.854. The number of nitrogens with one attached hydrogen (secondary N) is 2. The Bertz CT molecular complexity index is 680. The molecular weight excluding hydrogens is 274 g/mol. The number of hydrogen-bond acceptors (Lipinski definition) is 4. The van der Waals surface area contributed by atoms with Crippen LogP contribution in [0.4, 0.5) is 5.69 Å². The normalized spacial score (nSPS) is 13.3. The van der Waals surface area contributed by atoms with Gasteiger partial charge in [0, 0.05) is 18.1 Å². The predicted octanol–water partition coefficient (Wildman–Crippen LogP) is 1.97. The summed E-state index contributed by atoms with van der Waals surface area (Å²) in [5.74, 6) is 0. The Hall–Kier alpha value is -1.66. The van der Waals surface area contributed by atoms with Gasteiger partial charge in [-0.05, 0) is 37.7 Å². The van der Waals surface area contributed by atoms with Crippen LogP contribution in [0.15, 0.2) is 36.5 Å². The molecule has 0 spiro atoms. The Kier molecular flexibility index (Phi) is 4.57. The summed E-state index contributed by atoms with van der Waals surface area (Å²) in [6.45, 7) is 4.81. The zero-order chi connectivity index (χ0) is 14.6. The van der Waals surface area contributed by atoms with E-state index in [-0.39, 0.29) is 0 Å². The van der Waals surface area contributed by atoms with Crippen molar-refractivity contribution < 1.29 is 8.42 Å². The van der Waals surface area contributed by atoms with Crippen molar-refractivity contribution in [2.75, 3.05) is 17.8 Å². The molecule has 0 amide bonds. The third-order valence-corrected chi connectivity index (χ3v) is 4.84. The highest BCUT2D eigenvalue weighted by molar-refractivity contribution is 7.93. The number of fused-ring (bicyclic) bond motifs is 1. The number of rotatable bonds is 6. The first-order valence-corrected chi connectivity index (χ1v) is 8.15. The van der Waals surface area contributed by atoms with Crippen LogP contribution in [0.5, 0.6) is 0 Å². The molecule has 1 unspecified atom stereocenters. The zero-order valence-corrected chi connectivity index (χ0v) is 12.4. The largest absolute Gasteiger partial charge is 0.316 e. The number of pyridine rings is 1. The van der Waals surface area contributed by atoms with Crippen molar-refractivity contribution in [3.63, 3.8) is 0 Å². The summed E-state index contributed by atoms with van der Waals surface area (Å²) < 4.78 is 27.2. The van der Waals surface area contributed by atoms with Gasteiger partial charge in [-0.2, -0.15) is 0 Å². The SMILES string of the molecule is CCNCC(C)S(=O)(=O)Nc1cccc2ncccc12. The van der Waals surface area contributed by atoms with Crippen LogP contribution in [-0.2, 0) is 10.0 Å². The third kappa shape index (κ3) is 3.26. The molecule has 0 aliphatic heterocycles. The van der Waals surface area contributed by atoms with E-state index in [0.29, 0.717) is 12.2 Å². The molecule has 0 bridgehead atoms. The fourth-order valence-electron chi connectivity index (χ4n) is 1.90. The van der Waals surface area contributed by atoms with E-state index in [1.807, 2.05) is 19.1 Å². The molecule has 0 saturated heterocycles. The molecule has 5 nitrogen and oxygen atoms in total. The van der Waals surface area contributed by atoms with Gasteiger partial charge in [-0.3, -0.25) is 9.71 Å². The molecule has 2 rings (SSSR count). The third-order valence-electron chi connectivity index (χ3n) is 3.11. The Balaban J connectivity index is 2.27. The summed E-state index contributed by atoms with van der Waals surface area (Å²) in [6.07, 6.45) is 1.69. The van der Waals surface area contributed by atoms with Crippen LogP contribution in [0.1, 0.15) is 13.8 Å². The monoisotopic (exact) mass is 293 g/mol. The molecule has 0 aliphatic carbocycles. The molecule has 0 saturated carbocycles. The maximum Gasteiger partial charge on any atom is 0.236 e. The lowest BCUT2D eigenvalue weighted by molar-refractivity contribution is 0.579. The van der Waals surface area contributed by atoms with E-state index in [1.54, 1.807) is 31.3 Å². The van der Waals surface area contributed by atoms with Crippen LogP contribution in [0.2, 0.25) is 0 Å². The molecule has 0 aliphatic rings. The zero-order valence-electron chi connectivity index (χ0n) is 11.6. The Morgan fingerprint density at radius 3 is 2.80 bits per heavy atom. The second-order valence-electron chi connectivity index (χ2n) is 4.64. The predicted molar refractivity (Wildman–Crippen MR) is 82.3 cm³/mol. The average molecular weight is 293 g/mol. The van der Waals surface area contributed by atoms with E-state index in [2.05, 4.69) is 15.0 Å². The molecule has 6 heteroatoms. The first-order valence-electron chi connectivity index (χ1n) is 6.60. The van der Waals surface area contributed by atoms with Crippen molar-refractivity contribution in [3.8, 4) is 0 Å². The number of anilines is 1. The van der Waals surface area contributed by atoms with E-state index in [1.165, 1.54) is 0 Å². The van der Waals surface area contributed by atoms with E-state index in [9.17, 15) is 8.42 Å². The molecule has 2 aromatic rings. The summed E-state index contributed by atoms with van der Waals surface area (Å²) in [4.78, 5) is 4.22. The summed E-state index contributed by atoms with van der Waals surface area (Å²) in [5, 5.41) is 3.34. The van der Waals surface area contributed by atoms with Crippen LogP contribution >= 0.6 is 0 Å². The highest BCUT2D eigenvalue weighted by atomic mass is 32.2. The molecule has 1 aromatic carbocycles. The van der Waals surface area contributed by atoms with Crippen molar-refractivity contribution in [3.05, 3.63) is 36.5 Å². The van der Waals surface area contributed by atoms with Crippen molar-refractivity contribution in [2.24, 2.45) is 0 Å². The summed E-state index contributed by atoms with van der Waals surface area (Å²) >= 11 is 0. The summed E-state index contributed by atoms with van der Waals surface area (Å²) in [6, 6.07) is 9.05. The average Bonchev–Trinajstić information content (AvgIpc) is 2.44. The molecule has 20 heavy (non-hydrogen) atoms. The van der Waals surface area contributed by atoms with Gasteiger partial charge in [0.05, 0.1) is 16.5 Å². The van der Waals surface area contributed by atoms with Gasteiger partial charge >= 0.3 is 0 Å². The molecule has 1 aromatic heterocycles. The second kappa shape index (κ2) is 6.19. The topological polar surface area (TPSA) is 71.1 Å². The van der Waals surface area contributed by atoms with Crippen molar-refractivity contribution in [1.82, 2.24) is 10.3 Å². The maximum absolute atomic E-state index is 12.3. The number of hydrogen-bond donors (Lipinski definition) is 2. The van der Waals surface area contributed by atoms with Crippen molar-refractivity contribution >= 4 is 26.6 Å². The van der Waals surface area contributed by atoms with Gasteiger partial charge in [-0.15, -0.1) is 0 Å². The summed E-state index contributed by atoms with van der Waals surface area (Å²) in [7, 11) is -3.42. The lowest BCUT2D eigenvalue weighted by Crippen LogP contribution is -2.34. The van der Waals surface area contributed by atoms with Gasteiger partial charge in [0.25, 0.3) is 0 Å². The molecule has 1 atom stereocenters. The Labute approximate surface area is 119 Å².